The van der Waals surface area contributed by atoms with E-state index in [1.54, 1.807) is 6.07 Å². The fourth-order valence-corrected chi connectivity index (χ4v) is 1.28. The van der Waals surface area contributed by atoms with Crippen molar-refractivity contribution in [2.24, 2.45) is 0 Å². The zero-order valence-corrected chi connectivity index (χ0v) is 8.37. The molecule has 0 aliphatic carbocycles. The van der Waals surface area contributed by atoms with Crippen LogP contribution in [0.5, 0.6) is 5.75 Å². The Balaban J connectivity index is 3.33. The second kappa shape index (κ2) is 3.61. The van der Waals surface area contributed by atoms with Gasteiger partial charge in [0.25, 0.3) is 5.69 Å². The third-order valence-corrected chi connectivity index (χ3v) is 2.17. The van der Waals surface area contributed by atoms with Crippen molar-refractivity contribution in [3.63, 3.8) is 0 Å². The summed E-state index contributed by atoms with van der Waals surface area (Å²) >= 11 is 3.10. The van der Waals surface area contributed by atoms with Crippen LogP contribution in [0, 0.1) is 10.1 Å². The van der Waals surface area contributed by atoms with Gasteiger partial charge in [0, 0.05) is 0 Å². The minimum Gasteiger partial charge on any atom is -0.496 e. The Labute approximate surface area is 82.8 Å². The minimum atomic E-state index is -0.553. The number of benzene rings is 1. The summed E-state index contributed by atoms with van der Waals surface area (Å²) in [5.74, 6) is 0.396. The van der Waals surface area contributed by atoms with E-state index in [0.29, 0.717) is 10.2 Å². The van der Waals surface area contributed by atoms with Gasteiger partial charge in [-0.3, -0.25) is 10.1 Å². The molecule has 70 valence electrons. The van der Waals surface area contributed by atoms with Gasteiger partial charge in [-0.1, -0.05) is 0 Å². The van der Waals surface area contributed by atoms with Crippen molar-refractivity contribution >= 4 is 27.3 Å². The van der Waals surface area contributed by atoms with Crippen LogP contribution in [0.2, 0.25) is 0 Å². The van der Waals surface area contributed by atoms with Gasteiger partial charge in [0.05, 0.1) is 22.6 Å². The zero-order chi connectivity index (χ0) is 10.0. The highest BCUT2D eigenvalue weighted by atomic mass is 79.9. The van der Waals surface area contributed by atoms with Gasteiger partial charge in [0.1, 0.15) is 11.4 Å². The summed E-state index contributed by atoms with van der Waals surface area (Å²) in [5, 5.41) is 10.5. The Hall–Kier alpha value is -1.30. The number of methoxy groups -OCH3 is 1. The maximum atomic E-state index is 10.5. The number of ether oxygens (including phenoxy) is 1. The average Bonchev–Trinajstić information content (AvgIpc) is 2.09. The van der Waals surface area contributed by atoms with Crippen LogP contribution in [0.3, 0.4) is 0 Å². The van der Waals surface area contributed by atoms with Gasteiger partial charge in [-0.2, -0.15) is 0 Å². The molecule has 0 spiro atoms. The first-order valence-corrected chi connectivity index (χ1v) is 4.13. The number of nitro groups is 1. The summed E-state index contributed by atoms with van der Waals surface area (Å²) in [6.07, 6.45) is 0. The van der Waals surface area contributed by atoms with Crippen molar-refractivity contribution < 1.29 is 9.66 Å². The lowest BCUT2D eigenvalue weighted by Gasteiger charge is -2.03. The fourth-order valence-electron chi connectivity index (χ4n) is 0.848. The lowest BCUT2D eigenvalue weighted by molar-refractivity contribution is -0.384. The van der Waals surface area contributed by atoms with E-state index in [1.807, 2.05) is 0 Å². The van der Waals surface area contributed by atoms with Gasteiger partial charge in [0.15, 0.2) is 0 Å². The average molecular weight is 247 g/mol. The highest BCUT2D eigenvalue weighted by Crippen LogP contribution is 2.33. The van der Waals surface area contributed by atoms with E-state index in [2.05, 4.69) is 15.9 Å². The number of anilines is 1. The number of nitrogens with two attached hydrogens (primary N) is 1. The maximum Gasteiger partial charge on any atom is 0.296 e. The molecule has 0 unspecified atom stereocenters. The van der Waals surface area contributed by atoms with Crippen LogP contribution in [-0.2, 0) is 0 Å². The van der Waals surface area contributed by atoms with Crippen LogP contribution < -0.4 is 10.5 Å². The molecule has 13 heavy (non-hydrogen) atoms. The molecule has 0 amide bonds. The molecular formula is C7H7BrN2O3. The minimum absolute atomic E-state index is 0.103. The number of rotatable bonds is 2. The quantitative estimate of drug-likeness (QED) is 0.492. The van der Waals surface area contributed by atoms with Crippen LogP contribution in [0.25, 0.3) is 0 Å². The molecule has 0 saturated heterocycles. The molecule has 0 fully saturated rings. The van der Waals surface area contributed by atoms with Gasteiger partial charge in [-0.25, -0.2) is 0 Å². The third-order valence-electron chi connectivity index (χ3n) is 1.51. The Morgan fingerprint density at radius 1 is 1.62 bits per heavy atom. The van der Waals surface area contributed by atoms with Crippen molar-refractivity contribution in [1.29, 1.82) is 0 Å². The first kappa shape index (κ1) is 9.79. The molecule has 1 aromatic carbocycles. The molecule has 0 bridgehead atoms. The smallest absolute Gasteiger partial charge is 0.296 e. The lowest BCUT2D eigenvalue weighted by atomic mass is 10.2. The van der Waals surface area contributed by atoms with E-state index < -0.39 is 4.92 Å². The molecule has 0 atom stereocenters. The largest absolute Gasteiger partial charge is 0.496 e. The van der Waals surface area contributed by atoms with Crippen LogP contribution in [0.4, 0.5) is 11.4 Å². The van der Waals surface area contributed by atoms with E-state index in [4.69, 9.17) is 10.5 Å². The van der Waals surface area contributed by atoms with Crippen molar-refractivity contribution in [3.05, 3.63) is 26.7 Å². The molecule has 0 aliphatic heterocycles. The predicted octanol–water partition coefficient (Wildman–Crippen LogP) is 1.95. The summed E-state index contributed by atoms with van der Waals surface area (Å²) in [6, 6.07) is 2.85. The summed E-state index contributed by atoms with van der Waals surface area (Å²) < 4.78 is 5.31. The summed E-state index contributed by atoms with van der Waals surface area (Å²) in [6.45, 7) is 0. The van der Waals surface area contributed by atoms with Crippen molar-refractivity contribution in [2.45, 2.75) is 0 Å². The molecular weight excluding hydrogens is 240 g/mol. The molecule has 5 nitrogen and oxygen atoms in total. The summed E-state index contributed by atoms with van der Waals surface area (Å²) in [7, 11) is 1.43. The van der Waals surface area contributed by atoms with Gasteiger partial charge in [-0.05, 0) is 22.0 Å². The fraction of sp³-hybridized carbons (Fsp3) is 0.143. The van der Waals surface area contributed by atoms with Crippen molar-refractivity contribution in [2.75, 3.05) is 12.8 Å². The van der Waals surface area contributed by atoms with E-state index in [0.717, 1.165) is 0 Å². The number of halogens is 1. The van der Waals surface area contributed by atoms with Crippen LogP contribution in [0.15, 0.2) is 16.6 Å². The van der Waals surface area contributed by atoms with Gasteiger partial charge < -0.3 is 10.5 Å². The molecule has 1 aromatic rings. The molecule has 0 aliphatic rings. The lowest BCUT2D eigenvalue weighted by Crippen LogP contribution is -1.97. The van der Waals surface area contributed by atoms with Gasteiger partial charge in [0.2, 0.25) is 0 Å². The van der Waals surface area contributed by atoms with Crippen LogP contribution in [-0.4, -0.2) is 12.0 Å². The summed E-state index contributed by atoms with van der Waals surface area (Å²) in [5.41, 5.74) is 5.40. The van der Waals surface area contributed by atoms with E-state index in [9.17, 15) is 10.1 Å². The van der Waals surface area contributed by atoms with Crippen LogP contribution >= 0.6 is 15.9 Å². The predicted molar refractivity (Wildman–Crippen MR) is 51.8 cm³/mol. The number of nitrogen functional groups attached to an aromatic ring is 1. The Kier molecular flexibility index (Phi) is 2.72. The summed E-state index contributed by atoms with van der Waals surface area (Å²) in [4.78, 5) is 9.94. The van der Waals surface area contributed by atoms with Gasteiger partial charge in [-0.15, -0.1) is 0 Å². The standard InChI is InChI=1S/C7H7BrN2O3/c1-13-4-2-5(8)7(9)6(3-4)10(11)12/h2-3H,9H2,1H3. The highest BCUT2D eigenvalue weighted by molar-refractivity contribution is 9.10. The molecule has 2 N–H and O–H groups in total. The first-order valence-electron chi connectivity index (χ1n) is 3.33. The first-order chi connectivity index (χ1) is 6.06. The van der Waals surface area contributed by atoms with E-state index in [1.165, 1.54) is 13.2 Å². The maximum absolute atomic E-state index is 10.5. The second-order valence-corrected chi connectivity index (χ2v) is 3.15. The normalized spacial score (nSPS) is 9.69. The SMILES string of the molecule is COc1cc(Br)c(N)c([N+](=O)[O-])c1. The monoisotopic (exact) mass is 246 g/mol. The van der Waals surface area contributed by atoms with E-state index >= 15 is 0 Å². The zero-order valence-electron chi connectivity index (χ0n) is 6.78. The van der Waals surface area contributed by atoms with Gasteiger partial charge >= 0.3 is 0 Å². The van der Waals surface area contributed by atoms with Crippen molar-refractivity contribution in [1.82, 2.24) is 0 Å². The third kappa shape index (κ3) is 1.89. The Morgan fingerprint density at radius 3 is 2.69 bits per heavy atom. The highest BCUT2D eigenvalue weighted by Gasteiger charge is 2.15. The topological polar surface area (TPSA) is 78.4 Å². The molecule has 1 rings (SSSR count). The second-order valence-electron chi connectivity index (χ2n) is 2.30. The number of nitrogens with zero attached hydrogens (tertiary/aromatic N) is 1. The van der Waals surface area contributed by atoms with E-state index in [-0.39, 0.29) is 11.4 Å². The molecule has 0 saturated carbocycles. The Bertz CT molecular complexity index is 354. The number of hydrogen-bond donors (Lipinski definition) is 1. The number of nitro benzene ring substituents is 1. The van der Waals surface area contributed by atoms with Crippen molar-refractivity contribution in [3.8, 4) is 5.75 Å². The molecule has 0 radical (unpaired) electrons. The molecule has 0 heterocycles. The molecule has 6 heteroatoms. The Morgan fingerprint density at radius 2 is 2.23 bits per heavy atom. The van der Waals surface area contributed by atoms with Crippen LogP contribution in [0.1, 0.15) is 0 Å². The molecule has 0 aromatic heterocycles. The number of hydrogen-bond acceptors (Lipinski definition) is 4.